The van der Waals surface area contributed by atoms with Crippen molar-refractivity contribution in [2.24, 2.45) is 0 Å². The Bertz CT molecular complexity index is 265. The van der Waals surface area contributed by atoms with Crippen LogP contribution in [0.3, 0.4) is 0 Å². The lowest BCUT2D eigenvalue weighted by atomic mass is 10.4. The molecule has 3 heteroatoms. The molecule has 0 heterocycles. The zero-order valence-corrected chi connectivity index (χ0v) is 9.45. The predicted octanol–water partition coefficient (Wildman–Crippen LogP) is 3.04. The normalized spacial score (nSPS) is 12.8. The van der Waals surface area contributed by atoms with Crippen LogP contribution in [0.5, 0.6) is 0 Å². The van der Waals surface area contributed by atoms with Gasteiger partial charge in [-0.2, -0.15) is 0 Å². The molecular weight excluding hydrogens is 202 g/mol. The summed E-state index contributed by atoms with van der Waals surface area (Å²) in [5.74, 6) is 1.07. The van der Waals surface area contributed by atoms with Crippen LogP contribution < -0.4 is 5.32 Å². The fourth-order valence-electron chi connectivity index (χ4n) is 0.861. The SMILES string of the molecule is CNC(C)CSc1cccc(Cl)c1. The molecule has 1 atom stereocenters. The Balaban J connectivity index is 2.45. The van der Waals surface area contributed by atoms with E-state index in [2.05, 4.69) is 18.3 Å². The van der Waals surface area contributed by atoms with E-state index in [4.69, 9.17) is 11.6 Å². The largest absolute Gasteiger partial charge is 0.316 e. The zero-order valence-electron chi connectivity index (χ0n) is 7.88. The van der Waals surface area contributed by atoms with Gasteiger partial charge in [0.2, 0.25) is 0 Å². The summed E-state index contributed by atoms with van der Waals surface area (Å²) in [6, 6.07) is 8.49. The average molecular weight is 216 g/mol. The van der Waals surface area contributed by atoms with Crippen molar-refractivity contribution < 1.29 is 0 Å². The Labute approximate surface area is 88.9 Å². The molecule has 0 fully saturated rings. The van der Waals surface area contributed by atoms with Crippen molar-refractivity contribution in [1.82, 2.24) is 5.32 Å². The van der Waals surface area contributed by atoms with E-state index in [1.54, 1.807) is 0 Å². The summed E-state index contributed by atoms with van der Waals surface area (Å²) in [4.78, 5) is 1.23. The first-order valence-electron chi connectivity index (χ1n) is 4.28. The van der Waals surface area contributed by atoms with Crippen molar-refractivity contribution in [3.8, 4) is 0 Å². The summed E-state index contributed by atoms with van der Waals surface area (Å²) < 4.78 is 0. The van der Waals surface area contributed by atoms with Gasteiger partial charge in [-0.3, -0.25) is 0 Å². The van der Waals surface area contributed by atoms with E-state index in [0.29, 0.717) is 6.04 Å². The molecule has 72 valence electrons. The molecule has 1 rings (SSSR count). The van der Waals surface area contributed by atoms with Crippen molar-refractivity contribution in [2.75, 3.05) is 12.8 Å². The van der Waals surface area contributed by atoms with Gasteiger partial charge in [0.15, 0.2) is 0 Å². The highest BCUT2D eigenvalue weighted by atomic mass is 35.5. The molecule has 0 aromatic heterocycles. The van der Waals surface area contributed by atoms with Crippen LogP contribution in [-0.4, -0.2) is 18.8 Å². The predicted molar refractivity (Wildman–Crippen MR) is 60.7 cm³/mol. The van der Waals surface area contributed by atoms with Crippen LogP contribution in [0.1, 0.15) is 6.92 Å². The smallest absolute Gasteiger partial charge is 0.0417 e. The van der Waals surface area contributed by atoms with E-state index in [1.807, 2.05) is 37.0 Å². The lowest BCUT2D eigenvalue weighted by Gasteiger charge is -2.08. The van der Waals surface area contributed by atoms with Gasteiger partial charge in [-0.15, -0.1) is 11.8 Å². The van der Waals surface area contributed by atoms with Gasteiger partial charge in [-0.25, -0.2) is 0 Å². The zero-order chi connectivity index (χ0) is 9.68. The van der Waals surface area contributed by atoms with E-state index in [0.717, 1.165) is 10.8 Å². The highest BCUT2D eigenvalue weighted by Crippen LogP contribution is 2.21. The third-order valence-corrected chi connectivity index (χ3v) is 3.28. The fraction of sp³-hybridized carbons (Fsp3) is 0.400. The Kier molecular flexibility index (Phi) is 4.64. The molecule has 0 bridgehead atoms. The van der Waals surface area contributed by atoms with Crippen LogP contribution in [0.25, 0.3) is 0 Å². The summed E-state index contributed by atoms with van der Waals surface area (Å²) in [7, 11) is 1.98. The van der Waals surface area contributed by atoms with Gasteiger partial charge in [0.05, 0.1) is 0 Å². The maximum atomic E-state index is 5.87. The van der Waals surface area contributed by atoms with Crippen LogP contribution >= 0.6 is 23.4 Å². The van der Waals surface area contributed by atoms with Crippen LogP contribution in [-0.2, 0) is 0 Å². The number of rotatable bonds is 4. The summed E-state index contributed by atoms with van der Waals surface area (Å²) in [5.41, 5.74) is 0. The van der Waals surface area contributed by atoms with Crippen LogP contribution in [0.4, 0.5) is 0 Å². The number of hydrogen-bond acceptors (Lipinski definition) is 2. The maximum absolute atomic E-state index is 5.87. The monoisotopic (exact) mass is 215 g/mol. The summed E-state index contributed by atoms with van der Waals surface area (Å²) in [6.45, 7) is 2.16. The molecule has 1 unspecified atom stereocenters. The highest BCUT2D eigenvalue weighted by Gasteiger charge is 1.99. The summed E-state index contributed by atoms with van der Waals surface area (Å²) >= 11 is 7.69. The Morgan fingerprint density at radius 2 is 2.31 bits per heavy atom. The second-order valence-electron chi connectivity index (χ2n) is 2.96. The molecule has 1 N–H and O–H groups in total. The van der Waals surface area contributed by atoms with E-state index in [-0.39, 0.29) is 0 Å². The Hall–Kier alpha value is -0.180. The third-order valence-electron chi connectivity index (χ3n) is 1.79. The molecule has 13 heavy (non-hydrogen) atoms. The molecule has 1 aromatic rings. The maximum Gasteiger partial charge on any atom is 0.0417 e. The van der Waals surface area contributed by atoms with Crippen molar-refractivity contribution in [1.29, 1.82) is 0 Å². The van der Waals surface area contributed by atoms with Crippen LogP contribution in [0.2, 0.25) is 5.02 Å². The van der Waals surface area contributed by atoms with Gasteiger partial charge in [0, 0.05) is 21.7 Å². The molecule has 0 aliphatic rings. The fourth-order valence-corrected chi connectivity index (χ4v) is 2.11. The topological polar surface area (TPSA) is 12.0 Å². The Morgan fingerprint density at radius 3 is 2.92 bits per heavy atom. The molecule has 0 amide bonds. The van der Waals surface area contributed by atoms with Crippen molar-refractivity contribution >= 4 is 23.4 Å². The van der Waals surface area contributed by atoms with Crippen molar-refractivity contribution in [2.45, 2.75) is 17.9 Å². The van der Waals surface area contributed by atoms with Gasteiger partial charge in [-0.1, -0.05) is 17.7 Å². The molecule has 1 aromatic carbocycles. The van der Waals surface area contributed by atoms with Crippen molar-refractivity contribution in [3.05, 3.63) is 29.3 Å². The summed E-state index contributed by atoms with van der Waals surface area (Å²) in [6.07, 6.45) is 0. The summed E-state index contributed by atoms with van der Waals surface area (Å²) in [5, 5.41) is 4.00. The minimum absolute atomic E-state index is 0.531. The average Bonchev–Trinajstić information content (AvgIpc) is 2.14. The molecule has 0 aliphatic carbocycles. The lowest BCUT2D eigenvalue weighted by molar-refractivity contribution is 0.677. The first-order valence-corrected chi connectivity index (χ1v) is 5.64. The lowest BCUT2D eigenvalue weighted by Crippen LogP contribution is -2.23. The molecule has 0 aliphatic heterocycles. The van der Waals surface area contributed by atoms with Gasteiger partial charge in [0.25, 0.3) is 0 Å². The molecule has 0 saturated heterocycles. The van der Waals surface area contributed by atoms with E-state index in [9.17, 15) is 0 Å². The number of halogens is 1. The van der Waals surface area contributed by atoms with Crippen LogP contribution in [0.15, 0.2) is 29.2 Å². The van der Waals surface area contributed by atoms with E-state index >= 15 is 0 Å². The molecule has 0 spiro atoms. The Morgan fingerprint density at radius 1 is 1.54 bits per heavy atom. The molecule has 0 saturated carbocycles. The van der Waals surface area contributed by atoms with Gasteiger partial charge < -0.3 is 5.32 Å². The van der Waals surface area contributed by atoms with E-state index < -0.39 is 0 Å². The number of nitrogens with one attached hydrogen (secondary N) is 1. The third kappa shape index (κ3) is 4.03. The highest BCUT2D eigenvalue weighted by molar-refractivity contribution is 7.99. The van der Waals surface area contributed by atoms with Gasteiger partial charge >= 0.3 is 0 Å². The second kappa shape index (κ2) is 5.53. The van der Waals surface area contributed by atoms with Gasteiger partial charge in [0.1, 0.15) is 0 Å². The standard InChI is InChI=1S/C10H14ClNS/c1-8(12-2)7-13-10-5-3-4-9(11)6-10/h3-6,8,12H,7H2,1-2H3. The number of hydrogen-bond donors (Lipinski definition) is 1. The number of thioether (sulfide) groups is 1. The first-order chi connectivity index (χ1) is 6.22. The minimum atomic E-state index is 0.531. The quantitative estimate of drug-likeness (QED) is 0.775. The van der Waals surface area contributed by atoms with Crippen LogP contribution in [0, 0.1) is 0 Å². The molecule has 1 nitrogen and oxygen atoms in total. The first kappa shape index (κ1) is 10.9. The molecular formula is C10H14ClNS. The number of benzene rings is 1. The van der Waals surface area contributed by atoms with E-state index in [1.165, 1.54) is 4.90 Å². The minimum Gasteiger partial charge on any atom is -0.316 e. The van der Waals surface area contributed by atoms with Crippen molar-refractivity contribution in [3.63, 3.8) is 0 Å². The molecule has 0 radical (unpaired) electrons. The second-order valence-corrected chi connectivity index (χ2v) is 4.49. The van der Waals surface area contributed by atoms with Gasteiger partial charge in [-0.05, 0) is 32.2 Å².